The first kappa shape index (κ1) is 16.2. The van der Waals surface area contributed by atoms with Crippen molar-refractivity contribution in [2.45, 2.75) is 38.6 Å². The minimum atomic E-state index is -1.27. The first-order valence-corrected chi connectivity index (χ1v) is 4.93. The largest absolute Gasteiger partial charge is 0.394 e. The third-order valence-electron chi connectivity index (χ3n) is 1.67. The molecule has 0 fully saturated rings. The number of hydrogen-bond donors (Lipinski definition) is 5. The van der Waals surface area contributed by atoms with Gasteiger partial charge in [0, 0.05) is 0 Å². The Morgan fingerprint density at radius 1 is 1.07 bits per heavy atom. The maximum absolute atomic E-state index is 9.19. The monoisotopic (exact) mass is 209 g/mol. The van der Waals surface area contributed by atoms with E-state index >= 15 is 0 Å². The van der Waals surface area contributed by atoms with E-state index in [2.05, 4.69) is 5.32 Å². The van der Waals surface area contributed by atoms with E-state index in [0.717, 1.165) is 0 Å². The summed E-state index contributed by atoms with van der Waals surface area (Å²) in [5.74, 6) is 0. The Hall–Kier alpha value is -0.200. The molecule has 0 rings (SSSR count). The predicted octanol–water partition coefficient (Wildman–Crippen LogP) is -1.30. The van der Waals surface area contributed by atoms with Crippen molar-refractivity contribution in [1.29, 1.82) is 0 Å². The van der Waals surface area contributed by atoms with Crippen molar-refractivity contribution in [1.82, 2.24) is 5.32 Å². The number of rotatable bonds is 6. The third-order valence-corrected chi connectivity index (χ3v) is 1.67. The van der Waals surface area contributed by atoms with Crippen molar-refractivity contribution in [3.8, 4) is 0 Å². The highest BCUT2D eigenvalue weighted by molar-refractivity contribution is 4.74. The van der Waals surface area contributed by atoms with Crippen LogP contribution in [0.25, 0.3) is 0 Å². The van der Waals surface area contributed by atoms with Crippen molar-refractivity contribution < 1.29 is 20.4 Å². The van der Waals surface area contributed by atoms with E-state index in [4.69, 9.17) is 15.3 Å². The van der Waals surface area contributed by atoms with Gasteiger partial charge in [0.05, 0.1) is 12.7 Å². The highest BCUT2D eigenvalue weighted by Gasteiger charge is 2.23. The van der Waals surface area contributed by atoms with E-state index in [9.17, 15) is 5.11 Å². The quantitative estimate of drug-likeness (QED) is 0.375. The molecule has 88 valence electrons. The van der Waals surface area contributed by atoms with Crippen LogP contribution in [0.15, 0.2) is 0 Å². The van der Waals surface area contributed by atoms with Crippen LogP contribution >= 0.6 is 0 Å². The fraction of sp³-hybridized carbons (Fsp3) is 1.00. The maximum Gasteiger partial charge on any atom is 0.108 e. The molecule has 0 aliphatic carbocycles. The highest BCUT2D eigenvalue weighted by Crippen LogP contribution is 2.02. The van der Waals surface area contributed by atoms with E-state index in [1.54, 1.807) is 7.05 Å². The lowest BCUT2D eigenvalue weighted by molar-refractivity contribution is -0.0777. The van der Waals surface area contributed by atoms with Gasteiger partial charge in [-0.15, -0.1) is 0 Å². The van der Waals surface area contributed by atoms with Gasteiger partial charge in [-0.2, -0.15) is 0 Å². The normalized spacial score (nSPS) is 16.5. The van der Waals surface area contributed by atoms with Crippen molar-refractivity contribution in [3.05, 3.63) is 0 Å². The Morgan fingerprint density at radius 2 is 1.57 bits per heavy atom. The third kappa shape index (κ3) is 7.23. The topological polar surface area (TPSA) is 93.0 Å². The molecule has 0 spiro atoms. The van der Waals surface area contributed by atoms with Crippen LogP contribution in [0.4, 0.5) is 0 Å². The molecule has 0 amide bonds. The van der Waals surface area contributed by atoms with E-state index in [0.29, 0.717) is 13.0 Å². The second kappa shape index (κ2) is 10.9. The van der Waals surface area contributed by atoms with Gasteiger partial charge in [-0.1, -0.05) is 13.8 Å². The summed E-state index contributed by atoms with van der Waals surface area (Å²) in [5, 5.41) is 38.5. The molecule has 0 radical (unpaired) electrons. The molecular weight excluding hydrogens is 186 g/mol. The second-order valence-electron chi connectivity index (χ2n) is 2.70. The van der Waals surface area contributed by atoms with E-state index < -0.39 is 24.9 Å². The van der Waals surface area contributed by atoms with Crippen molar-refractivity contribution in [2.75, 3.05) is 20.2 Å². The van der Waals surface area contributed by atoms with Gasteiger partial charge in [-0.3, -0.25) is 0 Å². The number of nitrogens with one attached hydrogen (secondary N) is 1. The predicted molar refractivity (Wildman–Crippen MR) is 55.0 cm³/mol. The molecule has 0 saturated carbocycles. The van der Waals surface area contributed by atoms with Gasteiger partial charge in [-0.25, -0.2) is 0 Å². The summed E-state index contributed by atoms with van der Waals surface area (Å²) < 4.78 is 0. The van der Waals surface area contributed by atoms with E-state index in [1.165, 1.54) is 0 Å². The number of aliphatic hydroxyl groups is 4. The van der Waals surface area contributed by atoms with Crippen LogP contribution in [0.1, 0.15) is 20.3 Å². The molecule has 5 heteroatoms. The average molecular weight is 209 g/mol. The summed E-state index contributed by atoms with van der Waals surface area (Å²) in [7, 11) is 1.72. The van der Waals surface area contributed by atoms with E-state index in [1.807, 2.05) is 13.8 Å². The molecule has 0 aliphatic heterocycles. The van der Waals surface area contributed by atoms with Crippen LogP contribution in [0.5, 0.6) is 0 Å². The summed E-state index contributed by atoms with van der Waals surface area (Å²) in [5.41, 5.74) is 0. The fourth-order valence-electron chi connectivity index (χ4n) is 0.827. The zero-order valence-electron chi connectivity index (χ0n) is 9.14. The second-order valence-corrected chi connectivity index (χ2v) is 2.70. The lowest BCUT2D eigenvalue weighted by atomic mass is 10.1. The van der Waals surface area contributed by atoms with Gasteiger partial charge in [0.25, 0.3) is 0 Å². The molecule has 5 nitrogen and oxygen atoms in total. The standard InChI is InChI=1S/C7H17NO4.C2H6/c1-8-3-2-5(10)7(12)6(11)4-9;1-2/h5-12H,2-4H2,1H3;1-2H3. The molecule has 5 N–H and O–H groups in total. The smallest absolute Gasteiger partial charge is 0.108 e. The molecule has 0 saturated heterocycles. The molecule has 14 heavy (non-hydrogen) atoms. The Morgan fingerprint density at radius 3 is 1.93 bits per heavy atom. The minimum absolute atomic E-state index is 0.342. The Labute approximate surface area is 85.4 Å². The van der Waals surface area contributed by atoms with Gasteiger partial charge in [0.1, 0.15) is 12.2 Å². The SMILES string of the molecule is CC.CNCCC(O)C(O)C(O)CO. The van der Waals surface area contributed by atoms with Gasteiger partial charge in [-0.05, 0) is 20.0 Å². The molecule has 0 aromatic heterocycles. The molecular formula is C9H23NO4. The van der Waals surface area contributed by atoms with Crippen LogP contribution in [0.3, 0.4) is 0 Å². The summed E-state index contributed by atoms with van der Waals surface area (Å²) >= 11 is 0. The van der Waals surface area contributed by atoms with Gasteiger partial charge in [0.15, 0.2) is 0 Å². The molecule has 3 atom stereocenters. The van der Waals surface area contributed by atoms with Crippen LogP contribution in [0, 0.1) is 0 Å². The van der Waals surface area contributed by atoms with Crippen LogP contribution in [-0.2, 0) is 0 Å². The molecule has 0 heterocycles. The molecule has 0 aromatic carbocycles. The minimum Gasteiger partial charge on any atom is -0.394 e. The van der Waals surface area contributed by atoms with Gasteiger partial charge in [0.2, 0.25) is 0 Å². The molecule has 3 unspecified atom stereocenters. The first-order chi connectivity index (χ1) is 6.63. The van der Waals surface area contributed by atoms with Crippen LogP contribution in [-0.4, -0.2) is 58.9 Å². The number of aliphatic hydroxyl groups excluding tert-OH is 4. The lowest BCUT2D eigenvalue weighted by Crippen LogP contribution is -2.40. The van der Waals surface area contributed by atoms with Crippen molar-refractivity contribution >= 4 is 0 Å². The van der Waals surface area contributed by atoms with Crippen molar-refractivity contribution in [2.24, 2.45) is 0 Å². The molecule has 0 aromatic rings. The highest BCUT2D eigenvalue weighted by atomic mass is 16.4. The Balaban J connectivity index is 0. The molecule has 0 aliphatic rings. The van der Waals surface area contributed by atoms with Crippen molar-refractivity contribution in [3.63, 3.8) is 0 Å². The summed E-state index contributed by atoms with van der Waals surface area (Å²) in [6.07, 6.45) is -3.20. The van der Waals surface area contributed by atoms with Gasteiger partial charge < -0.3 is 25.7 Å². The summed E-state index contributed by atoms with van der Waals surface area (Å²) in [4.78, 5) is 0. The fourth-order valence-corrected chi connectivity index (χ4v) is 0.827. The summed E-state index contributed by atoms with van der Waals surface area (Å²) in [6, 6.07) is 0. The number of hydrogen-bond acceptors (Lipinski definition) is 5. The first-order valence-electron chi connectivity index (χ1n) is 4.93. The Bertz CT molecular complexity index is 113. The van der Waals surface area contributed by atoms with Gasteiger partial charge >= 0.3 is 0 Å². The lowest BCUT2D eigenvalue weighted by Gasteiger charge is -2.21. The summed E-state index contributed by atoms with van der Waals surface area (Å²) in [6.45, 7) is 4.01. The maximum atomic E-state index is 9.19. The van der Waals surface area contributed by atoms with E-state index in [-0.39, 0.29) is 0 Å². The average Bonchev–Trinajstić information content (AvgIpc) is 2.26. The zero-order valence-corrected chi connectivity index (χ0v) is 9.14. The molecule has 0 bridgehead atoms. The van der Waals surface area contributed by atoms with Crippen LogP contribution in [0.2, 0.25) is 0 Å². The zero-order chi connectivity index (χ0) is 11.6. The van der Waals surface area contributed by atoms with Crippen LogP contribution < -0.4 is 5.32 Å². The Kier molecular flexibility index (Phi) is 12.6.